The van der Waals surface area contributed by atoms with Gasteiger partial charge in [-0.1, -0.05) is 12.1 Å². The fourth-order valence-corrected chi connectivity index (χ4v) is 2.85. The summed E-state index contributed by atoms with van der Waals surface area (Å²) in [6.45, 7) is 1.55. The van der Waals surface area contributed by atoms with Crippen molar-refractivity contribution in [3.63, 3.8) is 0 Å². The van der Waals surface area contributed by atoms with E-state index in [0.29, 0.717) is 5.69 Å². The Bertz CT molecular complexity index is 1120. The minimum atomic E-state index is -4.61. The number of imidazole rings is 1. The Morgan fingerprint density at radius 2 is 2.03 bits per heavy atom. The molecule has 0 spiro atoms. The van der Waals surface area contributed by atoms with Crippen molar-refractivity contribution in [3.8, 4) is 0 Å². The third kappa shape index (κ3) is 4.11. The quantitative estimate of drug-likeness (QED) is 0.245. The van der Waals surface area contributed by atoms with E-state index in [9.17, 15) is 18.0 Å². The van der Waals surface area contributed by atoms with Gasteiger partial charge >= 0.3 is 6.18 Å². The molecular weight excluding hydrogens is 387 g/mol. The number of anilines is 2. The Morgan fingerprint density at radius 3 is 2.66 bits per heavy atom. The van der Waals surface area contributed by atoms with E-state index in [4.69, 9.17) is 10.6 Å². The lowest BCUT2D eigenvalue weighted by Gasteiger charge is -2.13. The number of aromatic nitrogens is 2. The van der Waals surface area contributed by atoms with E-state index >= 15 is 0 Å². The molecule has 0 saturated heterocycles. The molecule has 0 aliphatic heterocycles. The van der Waals surface area contributed by atoms with Crippen LogP contribution in [0.1, 0.15) is 28.4 Å². The zero-order valence-electron chi connectivity index (χ0n) is 15.1. The van der Waals surface area contributed by atoms with Crippen LogP contribution in [-0.4, -0.2) is 27.3 Å². The molecular formula is C19H16F3N5O2. The highest BCUT2D eigenvalue weighted by Crippen LogP contribution is 2.37. The summed E-state index contributed by atoms with van der Waals surface area (Å²) in [5.41, 5.74) is 1.69. The van der Waals surface area contributed by atoms with Gasteiger partial charge in [0.1, 0.15) is 0 Å². The predicted octanol–water partition coefficient (Wildman–Crippen LogP) is 4.50. The molecule has 0 radical (unpaired) electrons. The van der Waals surface area contributed by atoms with Gasteiger partial charge in [-0.25, -0.2) is 10.5 Å². The maximum atomic E-state index is 13.5. The summed E-state index contributed by atoms with van der Waals surface area (Å²) in [7, 11) is 0. The molecule has 0 fully saturated rings. The van der Waals surface area contributed by atoms with Crippen molar-refractivity contribution in [3.05, 3.63) is 59.2 Å². The molecule has 3 aromatic rings. The number of carbonyl (C=O) groups excluding carboxylic acids is 1. The molecule has 1 aromatic heterocycles. The molecule has 0 unspecified atom stereocenters. The number of alkyl halides is 3. The lowest BCUT2D eigenvalue weighted by atomic mass is 9.99. The molecule has 1 amide bonds. The average Bonchev–Trinajstić information content (AvgIpc) is 3.08. The number of hydrogen-bond acceptors (Lipinski definition) is 5. The molecule has 0 aliphatic carbocycles. The standard InChI is InChI=1S/C19H16F3N5O2/c1-2-10(9-23)13-7-15-16(8-14(13)19(20,21)22)26-18(25-15)24-12-5-3-4-11(6-12)17(28)27-29/h2-9,23,29H,1H3,(H,27,28)(H2,24,25,26)/b10-2+,23-9?. The van der Waals surface area contributed by atoms with Crippen LogP contribution in [0, 0.1) is 5.41 Å². The second-order valence-electron chi connectivity index (χ2n) is 6.03. The van der Waals surface area contributed by atoms with Gasteiger partial charge in [0, 0.05) is 17.5 Å². The van der Waals surface area contributed by atoms with Gasteiger partial charge in [0.25, 0.3) is 5.91 Å². The normalized spacial score (nSPS) is 12.1. The first-order valence-electron chi connectivity index (χ1n) is 8.36. The van der Waals surface area contributed by atoms with Gasteiger partial charge < -0.3 is 15.7 Å². The summed E-state index contributed by atoms with van der Waals surface area (Å²) < 4.78 is 40.5. The average molecular weight is 403 g/mol. The number of allylic oxidation sites excluding steroid dienone is 2. The number of fused-ring (bicyclic) bond motifs is 1. The van der Waals surface area contributed by atoms with Crippen LogP contribution in [0.25, 0.3) is 16.6 Å². The summed E-state index contributed by atoms with van der Waals surface area (Å²) in [5, 5.41) is 19.0. The Kier molecular flexibility index (Phi) is 5.37. The lowest BCUT2D eigenvalue weighted by Crippen LogP contribution is -2.18. The molecule has 0 aliphatic rings. The molecule has 3 rings (SSSR count). The first-order valence-corrected chi connectivity index (χ1v) is 8.36. The van der Waals surface area contributed by atoms with Crippen LogP contribution in [0.3, 0.4) is 0 Å². The first kappa shape index (κ1) is 20.1. The molecule has 7 nitrogen and oxygen atoms in total. The fraction of sp³-hybridized carbons (Fsp3) is 0.105. The van der Waals surface area contributed by atoms with Crippen molar-refractivity contribution in [2.45, 2.75) is 13.1 Å². The van der Waals surface area contributed by atoms with Gasteiger partial charge in [-0.2, -0.15) is 13.2 Å². The van der Waals surface area contributed by atoms with Crippen LogP contribution in [-0.2, 0) is 6.18 Å². The third-order valence-electron chi connectivity index (χ3n) is 4.19. The molecule has 29 heavy (non-hydrogen) atoms. The number of hydrogen-bond donors (Lipinski definition) is 5. The summed E-state index contributed by atoms with van der Waals surface area (Å²) in [4.78, 5) is 18.5. The predicted molar refractivity (Wildman–Crippen MR) is 103 cm³/mol. The number of halogens is 3. The highest BCUT2D eigenvalue weighted by Gasteiger charge is 2.34. The number of nitrogens with zero attached hydrogens (tertiary/aromatic N) is 1. The van der Waals surface area contributed by atoms with Gasteiger partial charge in [0.05, 0.1) is 16.6 Å². The maximum Gasteiger partial charge on any atom is 0.417 e. The second-order valence-corrected chi connectivity index (χ2v) is 6.03. The smallest absolute Gasteiger partial charge is 0.326 e. The summed E-state index contributed by atoms with van der Waals surface area (Å²) in [6, 6.07) is 8.34. The van der Waals surface area contributed by atoms with Crippen LogP contribution in [0.2, 0.25) is 0 Å². The Labute approximate surface area is 162 Å². The Morgan fingerprint density at radius 1 is 1.28 bits per heavy atom. The van der Waals surface area contributed by atoms with E-state index in [-0.39, 0.29) is 33.7 Å². The SMILES string of the molecule is C/C=C(\C=N)c1cc2nc(Nc3cccc(C(=O)NO)c3)[nH]c2cc1C(F)(F)F. The summed E-state index contributed by atoms with van der Waals surface area (Å²) in [5.74, 6) is -0.535. The molecule has 0 saturated carbocycles. The summed E-state index contributed by atoms with van der Waals surface area (Å²) >= 11 is 0. The molecule has 2 aromatic carbocycles. The summed E-state index contributed by atoms with van der Waals surface area (Å²) in [6.07, 6.45) is -2.32. The maximum absolute atomic E-state index is 13.5. The van der Waals surface area contributed by atoms with Crippen molar-refractivity contribution >= 4 is 40.4 Å². The van der Waals surface area contributed by atoms with E-state index < -0.39 is 17.6 Å². The van der Waals surface area contributed by atoms with Gasteiger partial charge in [0.15, 0.2) is 0 Å². The number of carbonyl (C=O) groups is 1. The molecule has 0 bridgehead atoms. The molecule has 1 heterocycles. The zero-order chi connectivity index (χ0) is 21.2. The topological polar surface area (TPSA) is 114 Å². The number of benzene rings is 2. The number of hydroxylamine groups is 1. The second kappa shape index (κ2) is 7.76. The first-order chi connectivity index (χ1) is 13.8. The molecule has 0 atom stereocenters. The number of rotatable bonds is 5. The Hall–Kier alpha value is -3.66. The van der Waals surface area contributed by atoms with Gasteiger partial charge in [-0.05, 0) is 48.4 Å². The van der Waals surface area contributed by atoms with Crippen molar-refractivity contribution in [2.24, 2.45) is 0 Å². The van der Waals surface area contributed by atoms with Crippen molar-refractivity contribution < 1.29 is 23.2 Å². The van der Waals surface area contributed by atoms with Crippen molar-refractivity contribution in [2.75, 3.05) is 5.32 Å². The number of amides is 1. The number of nitrogens with one attached hydrogen (secondary N) is 4. The lowest BCUT2D eigenvalue weighted by molar-refractivity contribution is -0.137. The monoisotopic (exact) mass is 403 g/mol. The minimum absolute atomic E-state index is 0.124. The highest BCUT2D eigenvalue weighted by atomic mass is 19.4. The third-order valence-corrected chi connectivity index (χ3v) is 4.19. The number of H-pyrrole nitrogens is 1. The van der Waals surface area contributed by atoms with Crippen LogP contribution in [0.15, 0.2) is 42.5 Å². The van der Waals surface area contributed by atoms with Crippen LogP contribution in [0.5, 0.6) is 0 Å². The van der Waals surface area contributed by atoms with E-state index in [1.807, 2.05) is 0 Å². The van der Waals surface area contributed by atoms with Crippen LogP contribution >= 0.6 is 0 Å². The van der Waals surface area contributed by atoms with E-state index in [1.54, 1.807) is 19.1 Å². The van der Waals surface area contributed by atoms with E-state index in [0.717, 1.165) is 12.3 Å². The Balaban J connectivity index is 2.04. The van der Waals surface area contributed by atoms with Crippen LogP contribution < -0.4 is 10.8 Å². The highest BCUT2D eigenvalue weighted by molar-refractivity contribution is 6.10. The fourth-order valence-electron chi connectivity index (χ4n) is 2.85. The largest absolute Gasteiger partial charge is 0.417 e. The van der Waals surface area contributed by atoms with Gasteiger partial charge in [-0.3, -0.25) is 10.0 Å². The van der Waals surface area contributed by atoms with E-state index in [1.165, 1.54) is 29.8 Å². The minimum Gasteiger partial charge on any atom is -0.326 e. The van der Waals surface area contributed by atoms with Gasteiger partial charge in [-0.15, -0.1) is 0 Å². The van der Waals surface area contributed by atoms with Crippen LogP contribution in [0.4, 0.5) is 24.8 Å². The van der Waals surface area contributed by atoms with Crippen molar-refractivity contribution in [1.82, 2.24) is 15.4 Å². The molecule has 150 valence electrons. The van der Waals surface area contributed by atoms with Crippen molar-refractivity contribution in [1.29, 1.82) is 5.41 Å². The van der Waals surface area contributed by atoms with E-state index in [2.05, 4.69) is 15.3 Å². The number of aromatic amines is 1. The zero-order valence-corrected chi connectivity index (χ0v) is 15.1. The molecule has 5 N–H and O–H groups in total. The molecule has 10 heteroatoms. The van der Waals surface area contributed by atoms with Gasteiger partial charge in [0.2, 0.25) is 5.95 Å².